The summed E-state index contributed by atoms with van der Waals surface area (Å²) >= 11 is 7.08. The summed E-state index contributed by atoms with van der Waals surface area (Å²) in [6.45, 7) is 0.705. The maximum absolute atomic E-state index is 12.4. The topological polar surface area (TPSA) is 59.6 Å². The first-order valence-corrected chi connectivity index (χ1v) is 10.8. The van der Waals surface area contributed by atoms with Crippen LogP contribution >= 0.6 is 23.6 Å². The van der Waals surface area contributed by atoms with Crippen molar-refractivity contribution in [1.29, 1.82) is 0 Å². The molecule has 0 aliphatic heterocycles. The third-order valence-corrected chi connectivity index (χ3v) is 6.35. The highest BCUT2D eigenvalue weighted by molar-refractivity contribution is 7.80. The van der Waals surface area contributed by atoms with Gasteiger partial charge in [-0.15, -0.1) is 11.3 Å². The van der Waals surface area contributed by atoms with E-state index >= 15 is 0 Å². The molecule has 0 amide bonds. The second-order valence-corrected chi connectivity index (χ2v) is 8.25. The van der Waals surface area contributed by atoms with E-state index in [4.69, 9.17) is 21.7 Å². The van der Waals surface area contributed by atoms with Gasteiger partial charge < -0.3 is 20.1 Å². The van der Waals surface area contributed by atoms with E-state index in [0.717, 1.165) is 48.4 Å². The Labute approximate surface area is 175 Å². The third-order valence-electron chi connectivity index (χ3n) is 4.90. The lowest BCUT2D eigenvalue weighted by atomic mass is 10.1. The molecule has 0 fully saturated rings. The normalized spacial score (nSPS) is 13.2. The van der Waals surface area contributed by atoms with Crippen molar-refractivity contribution in [2.75, 3.05) is 26.1 Å². The number of benzene rings is 1. The van der Waals surface area contributed by atoms with Crippen molar-refractivity contribution in [3.63, 3.8) is 0 Å². The molecule has 0 saturated heterocycles. The van der Waals surface area contributed by atoms with Gasteiger partial charge in [0.2, 0.25) is 0 Å². The highest BCUT2D eigenvalue weighted by Gasteiger charge is 2.25. The van der Waals surface area contributed by atoms with Gasteiger partial charge in [-0.2, -0.15) is 0 Å². The number of methoxy groups -OCH3 is 2. The molecule has 0 atom stereocenters. The Kier molecular flexibility index (Phi) is 7.28. The maximum Gasteiger partial charge on any atom is 0.341 e. The Balaban J connectivity index is 1.62. The van der Waals surface area contributed by atoms with Gasteiger partial charge in [-0.1, -0.05) is 18.6 Å². The van der Waals surface area contributed by atoms with Crippen LogP contribution in [0, 0.1) is 0 Å². The van der Waals surface area contributed by atoms with Crippen LogP contribution < -0.4 is 15.4 Å². The van der Waals surface area contributed by atoms with Crippen molar-refractivity contribution >= 4 is 39.6 Å². The van der Waals surface area contributed by atoms with Gasteiger partial charge in [0.25, 0.3) is 0 Å². The summed E-state index contributed by atoms with van der Waals surface area (Å²) < 4.78 is 10.2. The first kappa shape index (κ1) is 20.6. The number of carbonyl (C=O) groups is 1. The summed E-state index contributed by atoms with van der Waals surface area (Å²) in [6, 6.07) is 7.99. The lowest BCUT2D eigenvalue weighted by Crippen LogP contribution is -2.30. The van der Waals surface area contributed by atoms with Gasteiger partial charge in [-0.25, -0.2) is 4.79 Å². The number of carbonyl (C=O) groups excluding carboxylic acids is 1. The van der Waals surface area contributed by atoms with E-state index in [1.54, 1.807) is 18.4 Å². The number of fused-ring (bicyclic) bond motifs is 1. The number of hydrogen-bond acceptors (Lipinski definition) is 5. The average molecular weight is 419 g/mol. The molecule has 2 aromatic rings. The van der Waals surface area contributed by atoms with Gasteiger partial charge in [0.15, 0.2) is 5.11 Å². The number of anilines is 1. The Hall–Kier alpha value is -2.12. The zero-order chi connectivity index (χ0) is 19.9. The SMILES string of the molecule is COC(=O)c1c(NC(=S)NCCc2ccc(OC)cc2)sc2c1CCCCC2. The minimum atomic E-state index is -0.289. The monoisotopic (exact) mass is 418 g/mol. The van der Waals surface area contributed by atoms with Crippen LogP contribution in [0.3, 0.4) is 0 Å². The minimum absolute atomic E-state index is 0.289. The van der Waals surface area contributed by atoms with Crippen molar-refractivity contribution in [1.82, 2.24) is 5.32 Å². The molecule has 0 unspecified atom stereocenters. The number of aryl methyl sites for hydroxylation is 1. The van der Waals surface area contributed by atoms with Crippen LogP contribution in [0.4, 0.5) is 5.00 Å². The van der Waals surface area contributed by atoms with Crippen molar-refractivity contribution in [2.24, 2.45) is 0 Å². The number of ether oxygens (including phenoxy) is 2. The Morgan fingerprint density at radius 1 is 1.14 bits per heavy atom. The van der Waals surface area contributed by atoms with E-state index in [9.17, 15) is 4.79 Å². The zero-order valence-electron chi connectivity index (χ0n) is 16.3. The smallest absolute Gasteiger partial charge is 0.341 e. The van der Waals surface area contributed by atoms with E-state index in [-0.39, 0.29) is 5.97 Å². The molecule has 1 aliphatic rings. The summed E-state index contributed by atoms with van der Waals surface area (Å²) in [5.41, 5.74) is 3.00. The summed E-state index contributed by atoms with van der Waals surface area (Å²) in [4.78, 5) is 13.7. The Morgan fingerprint density at radius 3 is 2.61 bits per heavy atom. The van der Waals surface area contributed by atoms with Crippen LogP contribution in [0.2, 0.25) is 0 Å². The molecule has 0 saturated carbocycles. The highest BCUT2D eigenvalue weighted by Crippen LogP contribution is 2.37. The van der Waals surface area contributed by atoms with Gasteiger partial charge in [-0.3, -0.25) is 0 Å². The number of hydrogen-bond donors (Lipinski definition) is 2. The summed E-state index contributed by atoms with van der Waals surface area (Å²) in [7, 11) is 3.09. The molecule has 1 aliphatic carbocycles. The third kappa shape index (κ3) is 5.02. The minimum Gasteiger partial charge on any atom is -0.497 e. The molecule has 1 aromatic heterocycles. The predicted octanol–water partition coefficient (Wildman–Crippen LogP) is 4.34. The van der Waals surface area contributed by atoms with Gasteiger partial charge in [0.1, 0.15) is 10.8 Å². The number of thiophene rings is 1. The van der Waals surface area contributed by atoms with Gasteiger partial charge in [0, 0.05) is 11.4 Å². The molecule has 2 N–H and O–H groups in total. The molecule has 0 spiro atoms. The van der Waals surface area contributed by atoms with E-state index in [1.807, 2.05) is 24.3 Å². The van der Waals surface area contributed by atoms with Crippen LogP contribution in [0.15, 0.2) is 24.3 Å². The van der Waals surface area contributed by atoms with E-state index in [0.29, 0.717) is 17.2 Å². The van der Waals surface area contributed by atoms with Crippen LogP contribution in [0.5, 0.6) is 5.75 Å². The van der Waals surface area contributed by atoms with Gasteiger partial charge >= 0.3 is 5.97 Å². The quantitative estimate of drug-likeness (QED) is 0.413. The summed E-state index contributed by atoms with van der Waals surface area (Å²) in [5.74, 6) is 0.560. The number of nitrogens with one attached hydrogen (secondary N) is 2. The molecule has 150 valence electrons. The molecule has 0 radical (unpaired) electrons. The predicted molar refractivity (Wildman–Crippen MR) is 118 cm³/mol. The molecule has 5 nitrogen and oxygen atoms in total. The first-order chi connectivity index (χ1) is 13.6. The lowest BCUT2D eigenvalue weighted by Gasteiger charge is -2.11. The zero-order valence-corrected chi connectivity index (χ0v) is 17.9. The van der Waals surface area contributed by atoms with E-state index in [1.165, 1.54) is 24.0 Å². The molecule has 1 heterocycles. The first-order valence-electron chi connectivity index (χ1n) is 9.53. The fraction of sp³-hybridized carbons (Fsp3) is 0.429. The van der Waals surface area contributed by atoms with Crippen LogP contribution in [-0.4, -0.2) is 31.8 Å². The van der Waals surface area contributed by atoms with Crippen LogP contribution in [0.25, 0.3) is 0 Å². The van der Waals surface area contributed by atoms with Crippen LogP contribution in [-0.2, 0) is 24.0 Å². The van der Waals surface area contributed by atoms with Crippen LogP contribution in [0.1, 0.15) is 45.6 Å². The molecule has 7 heteroatoms. The Bertz CT molecular complexity index is 831. The fourth-order valence-corrected chi connectivity index (χ4v) is 4.96. The van der Waals surface area contributed by atoms with Crippen molar-refractivity contribution in [3.05, 3.63) is 45.8 Å². The summed E-state index contributed by atoms with van der Waals surface area (Å²) in [5, 5.41) is 7.77. The molecule has 28 heavy (non-hydrogen) atoms. The van der Waals surface area contributed by atoms with Crippen molar-refractivity contribution in [3.8, 4) is 5.75 Å². The van der Waals surface area contributed by atoms with Gasteiger partial charge in [-0.05, 0) is 67.6 Å². The number of esters is 1. The van der Waals surface area contributed by atoms with E-state index < -0.39 is 0 Å². The lowest BCUT2D eigenvalue weighted by molar-refractivity contribution is 0.0601. The molecule has 1 aromatic carbocycles. The number of rotatable bonds is 6. The summed E-state index contributed by atoms with van der Waals surface area (Å²) in [6.07, 6.45) is 6.27. The second kappa shape index (κ2) is 9.89. The molecular weight excluding hydrogens is 392 g/mol. The van der Waals surface area contributed by atoms with Gasteiger partial charge in [0.05, 0.1) is 19.8 Å². The standard InChI is InChI=1S/C21H26N2O3S2/c1-25-15-10-8-14(9-11-15)12-13-22-21(27)23-19-18(20(24)26-2)16-6-4-3-5-7-17(16)28-19/h8-11H,3-7,12-13H2,1-2H3,(H2,22,23,27). The average Bonchev–Trinajstić information content (AvgIpc) is 2.88. The van der Waals surface area contributed by atoms with E-state index in [2.05, 4.69) is 10.6 Å². The molecular formula is C21H26N2O3S2. The number of thiocarbonyl (C=S) groups is 1. The second-order valence-electron chi connectivity index (χ2n) is 6.74. The molecule has 0 bridgehead atoms. The Morgan fingerprint density at radius 2 is 1.89 bits per heavy atom. The highest BCUT2D eigenvalue weighted by atomic mass is 32.1. The van der Waals surface area contributed by atoms with Crippen molar-refractivity contribution < 1.29 is 14.3 Å². The maximum atomic E-state index is 12.4. The van der Waals surface area contributed by atoms with Crippen molar-refractivity contribution in [2.45, 2.75) is 38.5 Å². The molecule has 3 rings (SSSR count). The largest absolute Gasteiger partial charge is 0.497 e. The fourth-order valence-electron chi connectivity index (χ4n) is 3.41.